The number of benzene rings is 1. The van der Waals surface area contributed by atoms with Crippen molar-refractivity contribution in [3.63, 3.8) is 0 Å². The second kappa shape index (κ2) is 6.83. The lowest BCUT2D eigenvalue weighted by molar-refractivity contribution is -0.385. The van der Waals surface area contributed by atoms with Crippen LogP contribution in [-0.2, 0) is 0 Å². The minimum atomic E-state index is -0.439. The Kier molecular flexibility index (Phi) is 5.42. The normalized spacial score (nSPS) is 11.9. The van der Waals surface area contributed by atoms with E-state index in [2.05, 4.69) is 19.2 Å². The van der Waals surface area contributed by atoms with Gasteiger partial charge in [0, 0.05) is 23.9 Å². The number of hydrogen-bond acceptors (Lipinski definition) is 4. The Morgan fingerprint density at radius 2 is 2.17 bits per heavy atom. The van der Waals surface area contributed by atoms with Crippen molar-refractivity contribution in [3.8, 4) is 5.75 Å². The van der Waals surface area contributed by atoms with E-state index in [-0.39, 0.29) is 11.4 Å². The van der Waals surface area contributed by atoms with Gasteiger partial charge in [-0.3, -0.25) is 10.1 Å². The topological polar surface area (TPSA) is 64.4 Å². The highest BCUT2D eigenvalue weighted by Crippen LogP contribution is 2.30. The fraction of sp³-hybridized carbons (Fsp3) is 0.538. The van der Waals surface area contributed by atoms with Crippen LogP contribution in [0.3, 0.4) is 0 Å². The lowest BCUT2D eigenvalue weighted by atomic mass is 10.1. The summed E-state index contributed by atoms with van der Waals surface area (Å²) in [7, 11) is 1.44. The van der Waals surface area contributed by atoms with Gasteiger partial charge in [-0.2, -0.15) is 0 Å². The summed E-state index contributed by atoms with van der Waals surface area (Å²) in [6, 6.07) is 5.26. The molecule has 0 aliphatic carbocycles. The number of nitrogens with one attached hydrogen (secondary N) is 1. The van der Waals surface area contributed by atoms with Gasteiger partial charge in [0.05, 0.1) is 12.0 Å². The number of anilines is 1. The summed E-state index contributed by atoms with van der Waals surface area (Å²) in [6.07, 6.45) is 3.21. The third kappa shape index (κ3) is 3.61. The zero-order valence-corrected chi connectivity index (χ0v) is 11.1. The Morgan fingerprint density at radius 3 is 2.67 bits per heavy atom. The lowest BCUT2D eigenvalue weighted by Crippen LogP contribution is -2.17. The van der Waals surface area contributed by atoms with Gasteiger partial charge in [0.2, 0.25) is 0 Å². The molecule has 0 saturated carbocycles. The van der Waals surface area contributed by atoms with Gasteiger partial charge in [0.1, 0.15) is 0 Å². The van der Waals surface area contributed by atoms with Gasteiger partial charge in [0.25, 0.3) is 0 Å². The predicted octanol–water partition coefficient (Wildman–Crippen LogP) is 3.59. The molecule has 0 aliphatic heterocycles. The van der Waals surface area contributed by atoms with Gasteiger partial charge < -0.3 is 10.1 Å². The first kappa shape index (κ1) is 14.3. The van der Waals surface area contributed by atoms with Crippen LogP contribution in [0.25, 0.3) is 0 Å². The summed E-state index contributed by atoms with van der Waals surface area (Å²) in [6.45, 7) is 4.26. The molecule has 1 aromatic rings. The molecule has 0 heterocycles. The number of nitrogens with zero attached hydrogens (tertiary/aromatic N) is 1. The van der Waals surface area contributed by atoms with Crippen molar-refractivity contribution in [1.29, 1.82) is 0 Å². The van der Waals surface area contributed by atoms with E-state index in [4.69, 9.17) is 4.74 Å². The molecule has 0 radical (unpaired) electrons. The van der Waals surface area contributed by atoms with E-state index in [1.165, 1.54) is 13.2 Å². The third-order valence-electron chi connectivity index (χ3n) is 2.88. The zero-order chi connectivity index (χ0) is 13.5. The molecular weight excluding hydrogens is 232 g/mol. The minimum absolute atomic E-state index is 0.00779. The van der Waals surface area contributed by atoms with Crippen molar-refractivity contribution in [3.05, 3.63) is 28.3 Å². The van der Waals surface area contributed by atoms with Gasteiger partial charge in [-0.25, -0.2) is 0 Å². The largest absolute Gasteiger partial charge is 0.490 e. The number of methoxy groups -OCH3 is 1. The lowest BCUT2D eigenvalue weighted by Gasteiger charge is -2.17. The molecule has 18 heavy (non-hydrogen) atoms. The number of nitro groups is 1. The van der Waals surface area contributed by atoms with Gasteiger partial charge in [-0.1, -0.05) is 20.3 Å². The first-order chi connectivity index (χ1) is 8.62. The van der Waals surface area contributed by atoms with E-state index in [1.54, 1.807) is 12.1 Å². The maximum absolute atomic E-state index is 10.8. The Hall–Kier alpha value is -1.78. The second-order valence-electron chi connectivity index (χ2n) is 4.18. The fourth-order valence-electron chi connectivity index (χ4n) is 1.88. The smallest absolute Gasteiger partial charge is 0.311 e. The van der Waals surface area contributed by atoms with E-state index >= 15 is 0 Å². The van der Waals surface area contributed by atoms with Gasteiger partial charge >= 0.3 is 5.69 Å². The van der Waals surface area contributed by atoms with Gasteiger partial charge in [-0.15, -0.1) is 0 Å². The second-order valence-corrected chi connectivity index (χ2v) is 4.18. The maximum Gasteiger partial charge on any atom is 0.311 e. The van der Waals surface area contributed by atoms with Crippen molar-refractivity contribution in [2.75, 3.05) is 12.4 Å². The molecule has 1 N–H and O–H groups in total. The first-order valence-electron chi connectivity index (χ1n) is 6.21. The Balaban J connectivity index is 2.88. The van der Waals surface area contributed by atoms with Crippen LogP contribution in [0.1, 0.15) is 33.1 Å². The molecule has 0 saturated heterocycles. The molecule has 0 aromatic heterocycles. The van der Waals surface area contributed by atoms with Crippen LogP contribution < -0.4 is 10.1 Å². The molecule has 1 unspecified atom stereocenters. The summed E-state index contributed by atoms with van der Waals surface area (Å²) in [5, 5.41) is 14.1. The average Bonchev–Trinajstić information content (AvgIpc) is 2.37. The summed E-state index contributed by atoms with van der Waals surface area (Å²) in [5.74, 6) is 0.288. The van der Waals surface area contributed by atoms with E-state index in [1.807, 2.05) is 0 Å². The molecule has 0 spiro atoms. The van der Waals surface area contributed by atoms with Crippen LogP contribution in [0, 0.1) is 10.1 Å². The molecule has 1 aromatic carbocycles. The molecule has 5 nitrogen and oxygen atoms in total. The minimum Gasteiger partial charge on any atom is -0.490 e. The highest BCUT2D eigenvalue weighted by atomic mass is 16.6. The number of nitro benzene ring substituents is 1. The number of hydrogen-bond donors (Lipinski definition) is 1. The number of ether oxygens (including phenoxy) is 1. The van der Waals surface area contributed by atoms with E-state index in [0.29, 0.717) is 6.04 Å². The standard InChI is InChI=1S/C13H20N2O3/c1-4-6-10(5-2)14-11-7-8-12(15(16)17)13(9-11)18-3/h7-10,14H,4-6H2,1-3H3. The molecule has 1 atom stereocenters. The molecule has 5 heteroatoms. The van der Waals surface area contributed by atoms with Crippen LogP contribution in [0.2, 0.25) is 0 Å². The van der Waals surface area contributed by atoms with Crippen LogP contribution in [-0.4, -0.2) is 18.1 Å². The Labute approximate surface area is 107 Å². The summed E-state index contributed by atoms with van der Waals surface area (Å²) in [5.41, 5.74) is 0.851. The molecule has 1 rings (SSSR count). The zero-order valence-electron chi connectivity index (χ0n) is 11.1. The quantitative estimate of drug-likeness (QED) is 0.595. The highest BCUT2D eigenvalue weighted by Gasteiger charge is 2.15. The van der Waals surface area contributed by atoms with Crippen molar-refractivity contribution >= 4 is 11.4 Å². The Bertz CT molecular complexity index is 407. The van der Waals surface area contributed by atoms with Crippen LogP contribution >= 0.6 is 0 Å². The fourth-order valence-corrected chi connectivity index (χ4v) is 1.88. The van der Waals surface area contributed by atoms with Crippen LogP contribution in [0.15, 0.2) is 18.2 Å². The molecular formula is C13H20N2O3. The van der Waals surface area contributed by atoms with Gasteiger partial charge in [0.15, 0.2) is 5.75 Å². The van der Waals surface area contributed by atoms with Crippen molar-refractivity contribution < 1.29 is 9.66 Å². The van der Waals surface area contributed by atoms with Crippen LogP contribution in [0.4, 0.5) is 11.4 Å². The monoisotopic (exact) mass is 252 g/mol. The van der Waals surface area contributed by atoms with Crippen LogP contribution in [0.5, 0.6) is 5.75 Å². The molecule has 0 amide bonds. The average molecular weight is 252 g/mol. The molecule has 0 fully saturated rings. The SMILES string of the molecule is CCCC(CC)Nc1ccc([N+](=O)[O-])c(OC)c1. The predicted molar refractivity (Wildman–Crippen MR) is 72.3 cm³/mol. The summed E-state index contributed by atoms with van der Waals surface area (Å²) < 4.78 is 5.04. The van der Waals surface area contributed by atoms with Gasteiger partial charge in [-0.05, 0) is 18.9 Å². The van der Waals surface area contributed by atoms with E-state index < -0.39 is 4.92 Å². The third-order valence-corrected chi connectivity index (χ3v) is 2.88. The van der Waals surface area contributed by atoms with E-state index in [9.17, 15) is 10.1 Å². The molecule has 0 aliphatic rings. The number of rotatable bonds is 7. The van der Waals surface area contributed by atoms with E-state index in [0.717, 1.165) is 24.9 Å². The van der Waals surface area contributed by atoms with Crippen molar-refractivity contribution in [1.82, 2.24) is 0 Å². The van der Waals surface area contributed by atoms with Crippen molar-refractivity contribution in [2.45, 2.75) is 39.2 Å². The molecule has 100 valence electrons. The highest BCUT2D eigenvalue weighted by molar-refractivity contribution is 5.58. The molecule has 0 bridgehead atoms. The summed E-state index contributed by atoms with van der Waals surface area (Å²) >= 11 is 0. The maximum atomic E-state index is 10.8. The van der Waals surface area contributed by atoms with Crippen molar-refractivity contribution in [2.24, 2.45) is 0 Å². The first-order valence-corrected chi connectivity index (χ1v) is 6.21. The Morgan fingerprint density at radius 1 is 1.44 bits per heavy atom. The summed E-state index contributed by atoms with van der Waals surface area (Å²) in [4.78, 5) is 10.3.